The van der Waals surface area contributed by atoms with Gasteiger partial charge in [-0.15, -0.1) is 0 Å². The molecule has 14 heteroatoms. The second-order valence-electron chi connectivity index (χ2n) is 25.0. The highest BCUT2D eigenvalue weighted by Gasteiger charge is 2.51. The number of aliphatic hydroxyl groups excluding tert-OH is 8. The summed E-state index contributed by atoms with van der Waals surface area (Å²) in [5.74, 6) is -0.247. The van der Waals surface area contributed by atoms with Crippen molar-refractivity contribution in [2.24, 2.45) is 0 Å². The fourth-order valence-electron chi connectivity index (χ4n) is 11.5. The topological polar surface area (TPSA) is 228 Å². The van der Waals surface area contributed by atoms with Gasteiger partial charge in [0, 0.05) is 6.42 Å². The number of carbonyl (C=O) groups excluding carboxylic acids is 1. The number of carbonyl (C=O) groups is 1. The largest absolute Gasteiger partial charge is 0.394 e. The number of allylic oxidation sites excluding steroid dienone is 11. The maximum Gasteiger partial charge on any atom is 0.220 e. The monoisotopic (exact) mass is 1230 g/mol. The number of ether oxygens (including phenoxy) is 4. The van der Waals surface area contributed by atoms with Crippen molar-refractivity contribution in [1.82, 2.24) is 5.32 Å². The van der Waals surface area contributed by atoms with Crippen molar-refractivity contribution in [3.8, 4) is 0 Å². The molecular formula is C73H131NO13. The van der Waals surface area contributed by atoms with Gasteiger partial charge in [0.05, 0.1) is 32.0 Å². The van der Waals surface area contributed by atoms with Gasteiger partial charge in [-0.05, 0) is 70.6 Å². The van der Waals surface area contributed by atoms with Crippen molar-refractivity contribution in [2.75, 3.05) is 19.8 Å². The fourth-order valence-corrected chi connectivity index (χ4v) is 11.5. The maximum absolute atomic E-state index is 13.3. The van der Waals surface area contributed by atoms with E-state index >= 15 is 0 Å². The van der Waals surface area contributed by atoms with Gasteiger partial charge in [0.2, 0.25) is 5.91 Å². The van der Waals surface area contributed by atoms with E-state index in [4.69, 9.17) is 18.9 Å². The molecule has 2 saturated heterocycles. The first-order valence-electron chi connectivity index (χ1n) is 35.7. The summed E-state index contributed by atoms with van der Waals surface area (Å²) in [7, 11) is 0. The Kier molecular flexibility index (Phi) is 53.1. The summed E-state index contributed by atoms with van der Waals surface area (Å²) in [5.41, 5.74) is 0. The normalized spacial score (nSPS) is 23.7. The van der Waals surface area contributed by atoms with Crippen LogP contribution >= 0.6 is 0 Å². The zero-order valence-corrected chi connectivity index (χ0v) is 55.0. The van der Waals surface area contributed by atoms with E-state index in [2.05, 4.69) is 79.9 Å². The third-order valence-electron chi connectivity index (χ3n) is 17.1. The molecule has 0 saturated carbocycles. The van der Waals surface area contributed by atoms with Crippen LogP contribution in [0.15, 0.2) is 72.9 Å². The summed E-state index contributed by atoms with van der Waals surface area (Å²) in [6.07, 6.45) is 61.0. The van der Waals surface area contributed by atoms with Crippen LogP contribution in [0.1, 0.15) is 290 Å². The molecule has 1 amide bonds. The van der Waals surface area contributed by atoms with E-state index in [1.165, 1.54) is 199 Å². The van der Waals surface area contributed by atoms with E-state index in [1.807, 2.05) is 6.08 Å². The number of aliphatic hydroxyl groups is 8. The van der Waals surface area contributed by atoms with Gasteiger partial charge >= 0.3 is 0 Å². The Hall–Kier alpha value is -2.57. The Morgan fingerprint density at radius 2 is 0.805 bits per heavy atom. The Labute approximate surface area is 529 Å². The van der Waals surface area contributed by atoms with Crippen molar-refractivity contribution in [2.45, 2.75) is 364 Å². The lowest BCUT2D eigenvalue weighted by atomic mass is 9.97. The molecule has 506 valence electrons. The Bertz CT molecular complexity index is 1740. The van der Waals surface area contributed by atoms with Crippen molar-refractivity contribution in [3.05, 3.63) is 72.9 Å². The first kappa shape index (κ1) is 80.5. The number of hydrogen-bond donors (Lipinski definition) is 9. The highest BCUT2D eigenvalue weighted by atomic mass is 16.7. The van der Waals surface area contributed by atoms with E-state index in [0.717, 1.165) is 57.8 Å². The number of rotatable bonds is 58. The third-order valence-corrected chi connectivity index (χ3v) is 17.1. The molecule has 14 nitrogen and oxygen atoms in total. The molecule has 2 aliphatic heterocycles. The zero-order chi connectivity index (χ0) is 63.1. The van der Waals surface area contributed by atoms with Crippen LogP contribution in [0.2, 0.25) is 0 Å². The molecule has 2 fully saturated rings. The molecule has 0 spiro atoms. The van der Waals surface area contributed by atoms with E-state index in [9.17, 15) is 45.6 Å². The minimum atomic E-state index is -1.79. The quantitative estimate of drug-likeness (QED) is 0.0204. The lowest BCUT2D eigenvalue weighted by Gasteiger charge is -2.46. The second-order valence-corrected chi connectivity index (χ2v) is 25.0. The fraction of sp³-hybridized carbons (Fsp3) is 0.822. The molecule has 2 aliphatic rings. The minimum absolute atomic E-state index is 0.247. The van der Waals surface area contributed by atoms with Crippen LogP contribution in [0.4, 0.5) is 0 Å². The van der Waals surface area contributed by atoms with Crippen LogP contribution in [0, 0.1) is 0 Å². The maximum atomic E-state index is 13.3. The lowest BCUT2D eigenvalue weighted by Crippen LogP contribution is -2.65. The van der Waals surface area contributed by atoms with Gasteiger partial charge in [0.1, 0.15) is 48.8 Å². The molecular weight excluding hydrogens is 1100 g/mol. The van der Waals surface area contributed by atoms with Crippen LogP contribution in [0.3, 0.4) is 0 Å². The van der Waals surface area contributed by atoms with E-state index in [0.29, 0.717) is 12.8 Å². The average molecular weight is 1230 g/mol. The molecule has 87 heavy (non-hydrogen) atoms. The predicted octanol–water partition coefficient (Wildman–Crippen LogP) is 14.6. The molecule has 2 rings (SSSR count). The number of nitrogens with one attached hydrogen (secondary N) is 1. The van der Waals surface area contributed by atoms with Crippen LogP contribution in [-0.2, 0) is 23.7 Å². The Morgan fingerprint density at radius 1 is 0.425 bits per heavy atom. The van der Waals surface area contributed by atoms with Gasteiger partial charge < -0.3 is 65.1 Å². The third kappa shape index (κ3) is 41.5. The summed E-state index contributed by atoms with van der Waals surface area (Å²) in [6.45, 7) is 2.70. The SMILES string of the molecule is CC/C=C\C/C=C\C/C=C\C/C=C\CCCCCCCCCCCCCCCCCCCCC(=O)NC(COC1OC(CO)C(OC2OC(CO)C(O)C(O)C2O)C(O)C1O)C(O)/C=C/CC/C=C/CCCCCCCCCCCCCCCCCC. The average Bonchev–Trinajstić information content (AvgIpc) is 2.33. The molecule has 0 aromatic heterocycles. The second kappa shape index (κ2) is 57.3. The number of hydrogen-bond acceptors (Lipinski definition) is 13. The van der Waals surface area contributed by atoms with Crippen LogP contribution in [0.5, 0.6) is 0 Å². The van der Waals surface area contributed by atoms with Crippen molar-refractivity contribution < 1.29 is 64.6 Å². The van der Waals surface area contributed by atoms with Crippen LogP contribution < -0.4 is 5.32 Å². The zero-order valence-electron chi connectivity index (χ0n) is 55.0. The minimum Gasteiger partial charge on any atom is -0.394 e. The molecule has 0 aromatic rings. The highest BCUT2D eigenvalue weighted by molar-refractivity contribution is 5.76. The molecule has 0 aromatic carbocycles. The number of amides is 1. The lowest BCUT2D eigenvalue weighted by molar-refractivity contribution is -0.359. The number of unbranched alkanes of at least 4 members (excludes halogenated alkanes) is 35. The molecule has 9 N–H and O–H groups in total. The van der Waals surface area contributed by atoms with Gasteiger partial charge in [-0.25, -0.2) is 0 Å². The Morgan fingerprint density at radius 3 is 1.26 bits per heavy atom. The Balaban J connectivity index is 1.67. The van der Waals surface area contributed by atoms with Crippen molar-refractivity contribution >= 4 is 5.91 Å². The predicted molar refractivity (Wildman–Crippen MR) is 355 cm³/mol. The molecule has 12 atom stereocenters. The van der Waals surface area contributed by atoms with Crippen molar-refractivity contribution in [1.29, 1.82) is 0 Å². The van der Waals surface area contributed by atoms with Gasteiger partial charge in [-0.3, -0.25) is 4.79 Å². The standard InChI is InChI=1S/C73H131NO13/c1-3-5-7-9-11-13-15-17-19-21-23-25-27-28-29-30-31-32-33-34-35-37-39-41-43-45-47-49-51-53-55-57-65(78)74-61(60-84-72-70(83)68(81)71(64(59-76)86-72)87-73-69(82)67(80)66(79)63(58-75)85-73)62(77)56-54-52-50-48-46-44-42-40-38-36-26-24-22-20-18-16-14-12-10-8-6-4-2/h5,7,11,13,17,19,23,25,46,48,54,56,61-64,66-73,75-77,79-83H,3-4,6,8-10,12,14-16,18,20-22,24,26-45,47,49-53,55,57-60H2,1-2H3,(H,74,78)/b7-5-,13-11-,19-17-,25-23-,48-46+,56-54+. The first-order valence-corrected chi connectivity index (χ1v) is 35.7. The molecule has 0 aliphatic carbocycles. The molecule has 2 heterocycles. The summed E-state index contributed by atoms with van der Waals surface area (Å²) >= 11 is 0. The first-order chi connectivity index (χ1) is 42.6. The summed E-state index contributed by atoms with van der Waals surface area (Å²) in [5, 5.41) is 87.4. The van der Waals surface area contributed by atoms with E-state index in [-0.39, 0.29) is 18.9 Å². The van der Waals surface area contributed by atoms with Gasteiger partial charge in [-0.2, -0.15) is 0 Å². The highest BCUT2D eigenvalue weighted by Crippen LogP contribution is 2.30. The summed E-state index contributed by atoms with van der Waals surface area (Å²) in [6, 6.07) is -0.934. The molecule has 0 bridgehead atoms. The summed E-state index contributed by atoms with van der Waals surface area (Å²) < 4.78 is 22.8. The van der Waals surface area contributed by atoms with Gasteiger partial charge in [-0.1, -0.05) is 286 Å². The van der Waals surface area contributed by atoms with Gasteiger partial charge in [0.15, 0.2) is 12.6 Å². The molecule has 12 unspecified atom stereocenters. The summed E-state index contributed by atoms with van der Waals surface area (Å²) in [4.78, 5) is 13.3. The van der Waals surface area contributed by atoms with Gasteiger partial charge in [0.25, 0.3) is 0 Å². The van der Waals surface area contributed by atoms with Crippen LogP contribution in [0.25, 0.3) is 0 Å². The molecule has 0 radical (unpaired) electrons. The van der Waals surface area contributed by atoms with Crippen molar-refractivity contribution in [3.63, 3.8) is 0 Å². The van der Waals surface area contributed by atoms with E-state index < -0.39 is 86.8 Å². The van der Waals surface area contributed by atoms with E-state index in [1.54, 1.807) is 6.08 Å². The smallest absolute Gasteiger partial charge is 0.220 e. The van der Waals surface area contributed by atoms with Crippen LogP contribution in [-0.4, -0.2) is 140 Å².